The second kappa shape index (κ2) is 11.9. The molecule has 1 heterocycles. The number of carbonyl (C=O) groups excluding carboxylic acids is 1. The molecule has 0 aliphatic carbocycles. The largest absolute Gasteiger partial charge is 0.495 e. The maximum Gasteiger partial charge on any atom is 0.224 e. The van der Waals surface area contributed by atoms with E-state index in [0.717, 1.165) is 49.0 Å². The molecule has 1 aliphatic heterocycles. The quantitative estimate of drug-likeness (QED) is 0.316. The summed E-state index contributed by atoms with van der Waals surface area (Å²) >= 11 is 0. The topological polar surface area (TPSA) is 78.0 Å². The monoisotopic (exact) mass is 441 g/mol. The first-order chi connectivity index (χ1) is 15.6. The van der Waals surface area contributed by atoms with Crippen molar-refractivity contribution in [3.05, 3.63) is 59.9 Å². The summed E-state index contributed by atoms with van der Waals surface area (Å²) in [7, 11) is 1.69. The molecular weight excluding hydrogens is 409 g/mol. The highest BCUT2D eigenvalue weighted by molar-refractivity contribution is 5.80. The number of rotatable bonds is 9. The van der Waals surface area contributed by atoms with E-state index < -0.39 is 0 Å². The molecule has 3 N–H and O–H groups in total. The van der Waals surface area contributed by atoms with Crippen LogP contribution < -0.4 is 25.6 Å². The SMILES string of the molecule is CCNC(=NCCNC(=O)Cc1ccc(F)cc1)NC1CCN(c2ccccc2OC)C1. The van der Waals surface area contributed by atoms with E-state index >= 15 is 0 Å². The number of methoxy groups -OCH3 is 1. The van der Waals surface area contributed by atoms with Gasteiger partial charge in [0.05, 0.1) is 25.8 Å². The predicted molar refractivity (Wildman–Crippen MR) is 126 cm³/mol. The molecular formula is C24H32FN5O2. The lowest BCUT2D eigenvalue weighted by molar-refractivity contribution is -0.120. The molecule has 0 spiro atoms. The molecule has 2 aromatic carbocycles. The number of ether oxygens (including phenoxy) is 1. The van der Waals surface area contributed by atoms with Crippen molar-refractivity contribution in [3.8, 4) is 5.75 Å². The van der Waals surface area contributed by atoms with Crippen molar-refractivity contribution in [2.45, 2.75) is 25.8 Å². The third kappa shape index (κ3) is 6.87. The van der Waals surface area contributed by atoms with Crippen molar-refractivity contribution >= 4 is 17.6 Å². The van der Waals surface area contributed by atoms with Crippen LogP contribution in [0.15, 0.2) is 53.5 Å². The van der Waals surface area contributed by atoms with Gasteiger partial charge in [-0.25, -0.2) is 4.39 Å². The highest BCUT2D eigenvalue weighted by Crippen LogP contribution is 2.30. The number of hydrogen-bond donors (Lipinski definition) is 3. The maximum absolute atomic E-state index is 13.0. The lowest BCUT2D eigenvalue weighted by Gasteiger charge is -2.22. The van der Waals surface area contributed by atoms with Crippen molar-refractivity contribution in [2.24, 2.45) is 4.99 Å². The molecule has 1 saturated heterocycles. The molecule has 7 nitrogen and oxygen atoms in total. The Bertz CT molecular complexity index is 904. The van der Waals surface area contributed by atoms with E-state index in [1.165, 1.54) is 12.1 Å². The number of amides is 1. The Hall–Kier alpha value is -3.29. The minimum absolute atomic E-state index is 0.104. The smallest absolute Gasteiger partial charge is 0.224 e. The molecule has 0 radical (unpaired) electrons. The average molecular weight is 442 g/mol. The molecule has 1 aliphatic rings. The number of benzene rings is 2. The van der Waals surface area contributed by atoms with Crippen molar-refractivity contribution in [1.29, 1.82) is 0 Å². The summed E-state index contributed by atoms with van der Waals surface area (Å²) in [5.41, 5.74) is 1.88. The van der Waals surface area contributed by atoms with Crippen LogP contribution in [0.2, 0.25) is 0 Å². The summed E-state index contributed by atoms with van der Waals surface area (Å²) in [5, 5.41) is 9.62. The first kappa shape index (κ1) is 23.4. The zero-order valence-electron chi connectivity index (χ0n) is 18.7. The van der Waals surface area contributed by atoms with Crippen molar-refractivity contribution in [2.75, 3.05) is 44.7 Å². The zero-order valence-corrected chi connectivity index (χ0v) is 18.7. The van der Waals surface area contributed by atoms with E-state index in [9.17, 15) is 9.18 Å². The predicted octanol–water partition coefficient (Wildman–Crippen LogP) is 2.33. The van der Waals surface area contributed by atoms with Gasteiger partial charge < -0.3 is 25.6 Å². The Kier molecular flexibility index (Phi) is 8.71. The fourth-order valence-corrected chi connectivity index (χ4v) is 3.71. The molecule has 3 rings (SSSR count). The fourth-order valence-electron chi connectivity index (χ4n) is 3.71. The zero-order chi connectivity index (χ0) is 22.8. The third-order valence-corrected chi connectivity index (χ3v) is 5.28. The molecule has 0 bridgehead atoms. The van der Waals surface area contributed by atoms with Gasteiger partial charge in [-0.05, 0) is 43.2 Å². The Labute approximate surface area is 189 Å². The summed E-state index contributed by atoms with van der Waals surface area (Å²) in [6.45, 7) is 5.49. The number of carbonyl (C=O) groups is 1. The van der Waals surface area contributed by atoms with Crippen LogP contribution in [0.4, 0.5) is 10.1 Å². The highest BCUT2D eigenvalue weighted by Gasteiger charge is 2.25. The first-order valence-corrected chi connectivity index (χ1v) is 11.0. The van der Waals surface area contributed by atoms with E-state index in [4.69, 9.17) is 4.74 Å². The van der Waals surface area contributed by atoms with Gasteiger partial charge in [0.25, 0.3) is 0 Å². The van der Waals surface area contributed by atoms with Crippen LogP contribution in [-0.4, -0.2) is 57.7 Å². The lowest BCUT2D eigenvalue weighted by Crippen LogP contribution is -2.45. The Morgan fingerprint density at radius 2 is 1.97 bits per heavy atom. The number of para-hydroxylation sites is 2. The van der Waals surface area contributed by atoms with Crippen LogP contribution in [0.5, 0.6) is 5.75 Å². The molecule has 8 heteroatoms. The molecule has 1 amide bonds. The molecule has 0 saturated carbocycles. The minimum atomic E-state index is -0.305. The summed E-state index contributed by atoms with van der Waals surface area (Å²) in [5.74, 6) is 1.21. The minimum Gasteiger partial charge on any atom is -0.495 e. The third-order valence-electron chi connectivity index (χ3n) is 5.28. The van der Waals surface area contributed by atoms with Gasteiger partial charge in [-0.3, -0.25) is 9.79 Å². The van der Waals surface area contributed by atoms with Crippen LogP contribution in [-0.2, 0) is 11.2 Å². The number of guanidine groups is 1. The number of halogens is 1. The van der Waals surface area contributed by atoms with Gasteiger partial charge in [-0.2, -0.15) is 0 Å². The number of nitrogens with one attached hydrogen (secondary N) is 3. The van der Waals surface area contributed by atoms with Crippen molar-refractivity contribution < 1.29 is 13.9 Å². The molecule has 1 fully saturated rings. The van der Waals surface area contributed by atoms with Gasteiger partial charge in [-0.1, -0.05) is 24.3 Å². The highest BCUT2D eigenvalue weighted by atomic mass is 19.1. The second-order valence-corrected chi connectivity index (χ2v) is 7.66. The van der Waals surface area contributed by atoms with E-state index in [1.54, 1.807) is 19.2 Å². The van der Waals surface area contributed by atoms with Gasteiger partial charge >= 0.3 is 0 Å². The second-order valence-electron chi connectivity index (χ2n) is 7.66. The van der Waals surface area contributed by atoms with E-state index in [2.05, 4.69) is 31.9 Å². The average Bonchev–Trinajstić information content (AvgIpc) is 3.26. The number of aliphatic imine (C=N–C) groups is 1. The maximum atomic E-state index is 13.0. The van der Waals surface area contributed by atoms with Crippen LogP contribution in [0.3, 0.4) is 0 Å². The molecule has 1 unspecified atom stereocenters. The van der Waals surface area contributed by atoms with Gasteiger partial charge in [0.1, 0.15) is 11.6 Å². The Morgan fingerprint density at radius 3 is 2.72 bits per heavy atom. The molecule has 172 valence electrons. The molecule has 32 heavy (non-hydrogen) atoms. The van der Waals surface area contributed by atoms with E-state index in [0.29, 0.717) is 13.1 Å². The van der Waals surface area contributed by atoms with Gasteiger partial charge in [0, 0.05) is 32.2 Å². The molecule has 2 aromatic rings. The fraction of sp³-hybridized carbons (Fsp3) is 0.417. The van der Waals surface area contributed by atoms with E-state index in [1.807, 2.05) is 25.1 Å². The Morgan fingerprint density at radius 1 is 1.19 bits per heavy atom. The van der Waals surface area contributed by atoms with Crippen molar-refractivity contribution in [1.82, 2.24) is 16.0 Å². The summed E-state index contributed by atoms with van der Waals surface area (Å²) in [4.78, 5) is 19.0. The molecule has 1 atom stereocenters. The lowest BCUT2D eigenvalue weighted by atomic mass is 10.1. The summed E-state index contributed by atoms with van der Waals surface area (Å²) in [6, 6.07) is 14.3. The number of nitrogens with zero attached hydrogens (tertiary/aromatic N) is 2. The summed E-state index contributed by atoms with van der Waals surface area (Å²) < 4.78 is 18.5. The number of anilines is 1. The standard InChI is InChI=1S/C24H32FN5O2/c1-3-26-24(28-14-13-27-23(31)16-18-8-10-19(25)11-9-18)29-20-12-15-30(17-20)21-6-4-5-7-22(21)32-2/h4-11,20H,3,12-17H2,1-2H3,(H,27,31)(H2,26,28,29). The normalized spacial score (nSPS) is 16.0. The van der Waals surface area contributed by atoms with Gasteiger partial charge in [0.2, 0.25) is 5.91 Å². The van der Waals surface area contributed by atoms with Crippen LogP contribution >= 0.6 is 0 Å². The first-order valence-electron chi connectivity index (χ1n) is 11.0. The van der Waals surface area contributed by atoms with Crippen LogP contribution in [0, 0.1) is 5.82 Å². The van der Waals surface area contributed by atoms with Gasteiger partial charge in [-0.15, -0.1) is 0 Å². The van der Waals surface area contributed by atoms with Gasteiger partial charge in [0.15, 0.2) is 5.96 Å². The Balaban J connectivity index is 1.45. The number of hydrogen-bond acceptors (Lipinski definition) is 4. The van der Waals surface area contributed by atoms with E-state index in [-0.39, 0.29) is 24.2 Å². The van der Waals surface area contributed by atoms with Crippen LogP contribution in [0.1, 0.15) is 18.9 Å². The van der Waals surface area contributed by atoms with Crippen LogP contribution in [0.25, 0.3) is 0 Å². The molecule has 0 aromatic heterocycles. The summed E-state index contributed by atoms with van der Waals surface area (Å²) in [6.07, 6.45) is 1.22. The van der Waals surface area contributed by atoms with Crippen molar-refractivity contribution in [3.63, 3.8) is 0 Å².